The van der Waals surface area contributed by atoms with Crippen molar-refractivity contribution in [3.63, 3.8) is 0 Å². The number of unbranched alkanes of at least 4 members (excludes halogenated alkanes) is 1. The number of hydrogen-bond acceptors (Lipinski definition) is 3. The summed E-state index contributed by atoms with van der Waals surface area (Å²) in [6.45, 7) is 0.697. The summed E-state index contributed by atoms with van der Waals surface area (Å²) < 4.78 is 25.3. The average molecular weight is 291 g/mol. The van der Waals surface area contributed by atoms with E-state index >= 15 is 0 Å². The molecule has 0 aliphatic heterocycles. The van der Waals surface area contributed by atoms with E-state index in [0.717, 1.165) is 18.6 Å². The molecule has 1 amide bonds. The zero-order valence-electron chi connectivity index (χ0n) is 10.0. The lowest BCUT2D eigenvalue weighted by atomic mass is 10.3. The second-order valence-electron chi connectivity index (χ2n) is 3.55. The molecule has 0 aliphatic carbocycles. The van der Waals surface area contributed by atoms with Gasteiger partial charge in [-0.1, -0.05) is 13.3 Å². The fraction of sp³-hybridized carbons (Fsp3) is 0.900. The Kier molecular flexibility index (Phi) is 12.5. The summed E-state index contributed by atoms with van der Waals surface area (Å²) in [4.78, 5) is 11.1. The summed E-state index contributed by atoms with van der Waals surface area (Å²) in [5.74, 6) is -1.63. The molecular formula is C10H21ClF2N2OS. The Bertz CT molecular complexity index is 209. The maximum absolute atomic E-state index is 12.7. The largest absolute Gasteiger partial charge is 0.350 e. The molecule has 0 unspecified atom stereocenters. The average Bonchev–Trinajstić information content (AvgIpc) is 2.26. The van der Waals surface area contributed by atoms with Gasteiger partial charge in [-0.05, 0) is 12.2 Å². The zero-order valence-corrected chi connectivity index (χ0v) is 11.6. The molecule has 0 saturated heterocycles. The molecule has 0 rings (SSSR count). The van der Waals surface area contributed by atoms with Gasteiger partial charge < -0.3 is 11.1 Å². The first kappa shape index (κ1) is 19.3. The van der Waals surface area contributed by atoms with Crippen molar-refractivity contribution in [2.75, 3.05) is 24.6 Å². The highest BCUT2D eigenvalue weighted by molar-refractivity contribution is 7.99. The number of hydrogen-bond donors (Lipinski definition) is 2. The van der Waals surface area contributed by atoms with Crippen LogP contribution in [0.2, 0.25) is 0 Å². The van der Waals surface area contributed by atoms with Crippen LogP contribution < -0.4 is 11.1 Å². The van der Waals surface area contributed by atoms with E-state index < -0.39 is 19.0 Å². The fourth-order valence-electron chi connectivity index (χ4n) is 0.902. The van der Waals surface area contributed by atoms with Crippen LogP contribution in [-0.4, -0.2) is 36.4 Å². The lowest BCUT2D eigenvalue weighted by Gasteiger charge is -2.14. The van der Waals surface area contributed by atoms with Crippen LogP contribution in [0.3, 0.4) is 0 Å². The van der Waals surface area contributed by atoms with Gasteiger partial charge in [0.25, 0.3) is 5.92 Å². The Balaban J connectivity index is 0. The molecule has 0 aromatic heterocycles. The van der Waals surface area contributed by atoms with E-state index in [1.807, 2.05) is 0 Å². The molecule has 17 heavy (non-hydrogen) atoms. The number of nitrogens with one attached hydrogen (secondary N) is 1. The third-order valence-corrected chi connectivity index (χ3v) is 3.03. The number of alkyl halides is 2. The van der Waals surface area contributed by atoms with E-state index in [1.165, 1.54) is 0 Å². The minimum Gasteiger partial charge on any atom is -0.350 e. The minimum absolute atomic E-state index is 0. The van der Waals surface area contributed by atoms with Crippen LogP contribution in [-0.2, 0) is 4.79 Å². The molecule has 0 aliphatic rings. The molecule has 0 atom stereocenters. The first-order valence-electron chi connectivity index (χ1n) is 5.44. The maximum atomic E-state index is 12.7. The van der Waals surface area contributed by atoms with Gasteiger partial charge in [0.05, 0.1) is 13.1 Å². The van der Waals surface area contributed by atoms with Gasteiger partial charge in [0.1, 0.15) is 0 Å². The molecule has 0 radical (unpaired) electrons. The molecule has 7 heteroatoms. The summed E-state index contributed by atoms with van der Waals surface area (Å²) >= 11 is 1.67. The summed E-state index contributed by atoms with van der Waals surface area (Å²) in [6.07, 6.45) is 2.54. The quantitative estimate of drug-likeness (QED) is 0.639. The Morgan fingerprint density at radius 1 is 1.41 bits per heavy atom. The van der Waals surface area contributed by atoms with Gasteiger partial charge in [-0.15, -0.1) is 12.4 Å². The van der Waals surface area contributed by atoms with Crippen LogP contribution >= 0.6 is 24.2 Å². The van der Waals surface area contributed by atoms with Gasteiger partial charge in [0.2, 0.25) is 5.91 Å². The summed E-state index contributed by atoms with van der Waals surface area (Å²) in [5, 5.41) is 2.18. The van der Waals surface area contributed by atoms with E-state index in [9.17, 15) is 13.6 Å². The van der Waals surface area contributed by atoms with E-state index in [1.54, 1.807) is 11.8 Å². The Labute approximate surface area is 112 Å². The molecular weight excluding hydrogens is 270 g/mol. The lowest BCUT2D eigenvalue weighted by molar-refractivity contribution is -0.122. The van der Waals surface area contributed by atoms with Crippen molar-refractivity contribution in [1.82, 2.24) is 5.32 Å². The lowest BCUT2D eigenvalue weighted by Crippen LogP contribution is -2.41. The number of carbonyl (C=O) groups is 1. The van der Waals surface area contributed by atoms with Crippen molar-refractivity contribution in [2.45, 2.75) is 32.1 Å². The number of nitrogens with two attached hydrogens (primary N) is 1. The SMILES string of the molecule is CCCCSCCC(=O)NCC(F)(F)CN.Cl. The fourth-order valence-corrected chi connectivity index (χ4v) is 1.93. The number of carbonyl (C=O) groups excluding carboxylic acids is 1. The highest BCUT2D eigenvalue weighted by Gasteiger charge is 2.26. The number of halogens is 3. The minimum atomic E-state index is -3.00. The molecule has 0 spiro atoms. The first-order chi connectivity index (χ1) is 7.52. The molecule has 3 nitrogen and oxygen atoms in total. The van der Waals surface area contributed by atoms with E-state index in [2.05, 4.69) is 12.2 Å². The molecule has 3 N–H and O–H groups in total. The van der Waals surface area contributed by atoms with Gasteiger partial charge in [-0.3, -0.25) is 4.79 Å². The van der Waals surface area contributed by atoms with Gasteiger partial charge in [-0.2, -0.15) is 11.8 Å². The Morgan fingerprint density at radius 2 is 2.06 bits per heavy atom. The molecule has 0 heterocycles. The third kappa shape index (κ3) is 12.2. The molecule has 0 bridgehead atoms. The second-order valence-corrected chi connectivity index (χ2v) is 4.78. The molecule has 0 fully saturated rings. The predicted octanol–water partition coefficient (Wildman–Crippen LogP) is 2.04. The third-order valence-electron chi connectivity index (χ3n) is 1.96. The number of thioether (sulfide) groups is 1. The van der Waals surface area contributed by atoms with Crippen LogP contribution in [0.5, 0.6) is 0 Å². The van der Waals surface area contributed by atoms with Crippen molar-refractivity contribution in [1.29, 1.82) is 0 Å². The Hall–Kier alpha value is -0.0700. The smallest absolute Gasteiger partial charge is 0.277 e. The summed E-state index contributed by atoms with van der Waals surface area (Å²) in [6, 6.07) is 0. The topological polar surface area (TPSA) is 55.1 Å². The first-order valence-corrected chi connectivity index (χ1v) is 6.59. The van der Waals surface area contributed by atoms with Gasteiger partial charge in [-0.25, -0.2) is 8.78 Å². The molecule has 0 aromatic rings. The summed E-state index contributed by atoms with van der Waals surface area (Å²) in [7, 11) is 0. The second kappa shape index (κ2) is 11.0. The van der Waals surface area contributed by atoms with Crippen molar-refractivity contribution in [2.24, 2.45) is 5.73 Å². The number of amides is 1. The molecule has 0 saturated carbocycles. The van der Waals surface area contributed by atoms with Gasteiger partial charge in [0, 0.05) is 12.2 Å². The van der Waals surface area contributed by atoms with Crippen molar-refractivity contribution in [3.05, 3.63) is 0 Å². The summed E-state index contributed by atoms with van der Waals surface area (Å²) in [5.41, 5.74) is 4.84. The molecule has 104 valence electrons. The van der Waals surface area contributed by atoms with Crippen LogP contribution in [0.15, 0.2) is 0 Å². The normalized spacial score (nSPS) is 10.8. The van der Waals surface area contributed by atoms with Gasteiger partial charge >= 0.3 is 0 Å². The van der Waals surface area contributed by atoms with Crippen LogP contribution in [0.25, 0.3) is 0 Å². The van der Waals surface area contributed by atoms with E-state index in [-0.39, 0.29) is 24.7 Å². The van der Waals surface area contributed by atoms with Crippen molar-refractivity contribution >= 4 is 30.1 Å². The standard InChI is InChI=1S/C10H20F2N2OS.ClH/c1-2-3-5-16-6-4-9(15)14-8-10(11,12)7-13;/h2-8,13H2,1H3,(H,14,15);1H. The van der Waals surface area contributed by atoms with Crippen LogP contribution in [0, 0.1) is 0 Å². The Morgan fingerprint density at radius 3 is 2.59 bits per heavy atom. The van der Waals surface area contributed by atoms with Crippen molar-refractivity contribution < 1.29 is 13.6 Å². The van der Waals surface area contributed by atoms with E-state index in [4.69, 9.17) is 5.73 Å². The molecule has 0 aromatic carbocycles. The maximum Gasteiger partial charge on any atom is 0.277 e. The van der Waals surface area contributed by atoms with Crippen molar-refractivity contribution in [3.8, 4) is 0 Å². The highest BCUT2D eigenvalue weighted by Crippen LogP contribution is 2.09. The highest BCUT2D eigenvalue weighted by atomic mass is 35.5. The van der Waals surface area contributed by atoms with Crippen LogP contribution in [0.4, 0.5) is 8.78 Å². The van der Waals surface area contributed by atoms with Crippen LogP contribution in [0.1, 0.15) is 26.2 Å². The van der Waals surface area contributed by atoms with E-state index in [0.29, 0.717) is 5.75 Å². The monoisotopic (exact) mass is 290 g/mol. The zero-order chi connectivity index (χ0) is 12.4. The predicted molar refractivity (Wildman–Crippen MR) is 71.1 cm³/mol. The van der Waals surface area contributed by atoms with Gasteiger partial charge in [0.15, 0.2) is 0 Å². The number of rotatable bonds is 9.